The van der Waals surface area contributed by atoms with Gasteiger partial charge in [0.15, 0.2) is 0 Å². The van der Waals surface area contributed by atoms with Gasteiger partial charge in [-0.05, 0) is 45.9 Å². The molecule has 4 aromatic rings. The fourth-order valence-electron chi connectivity index (χ4n) is 4.94. The molecule has 1 saturated heterocycles. The summed E-state index contributed by atoms with van der Waals surface area (Å²) in [5.41, 5.74) is -0.0225. The third-order valence-corrected chi connectivity index (χ3v) is 7.68. The molecule has 1 aliphatic rings. The van der Waals surface area contributed by atoms with Crippen LogP contribution in [-0.2, 0) is 9.53 Å². The number of aryl methyl sites for hydroxylation is 1. The Labute approximate surface area is 266 Å². The van der Waals surface area contributed by atoms with Crippen molar-refractivity contribution in [1.82, 2.24) is 19.9 Å². The molecular weight excluding hydrogens is 628 g/mol. The van der Waals surface area contributed by atoms with E-state index in [0.29, 0.717) is 32.1 Å². The maximum Gasteiger partial charge on any atom is 0.410 e. The maximum absolute atomic E-state index is 14.6. The van der Waals surface area contributed by atoms with Crippen LogP contribution >= 0.6 is 11.3 Å². The van der Waals surface area contributed by atoms with E-state index in [4.69, 9.17) is 9.47 Å². The number of amides is 2. The molecule has 0 radical (unpaired) electrons. The summed E-state index contributed by atoms with van der Waals surface area (Å²) in [7, 11) is 0. The topological polar surface area (TPSA) is 119 Å². The lowest BCUT2D eigenvalue weighted by Gasteiger charge is -2.36. The van der Waals surface area contributed by atoms with E-state index < -0.39 is 42.4 Å². The van der Waals surface area contributed by atoms with Crippen molar-refractivity contribution in [2.24, 2.45) is 0 Å². The molecule has 15 heteroatoms. The van der Waals surface area contributed by atoms with Crippen LogP contribution in [0.15, 0.2) is 48.7 Å². The van der Waals surface area contributed by atoms with Gasteiger partial charge in [0.05, 0.1) is 17.2 Å². The van der Waals surface area contributed by atoms with E-state index >= 15 is 0 Å². The van der Waals surface area contributed by atoms with Gasteiger partial charge in [0.25, 0.3) is 0 Å². The zero-order valence-electron chi connectivity index (χ0n) is 25.4. The van der Waals surface area contributed by atoms with Crippen LogP contribution < -0.4 is 15.4 Å². The third-order valence-electron chi connectivity index (χ3n) is 6.70. The Kier molecular flexibility index (Phi) is 9.33. The second-order valence-corrected chi connectivity index (χ2v) is 13.0. The highest BCUT2D eigenvalue weighted by Crippen LogP contribution is 2.40. The van der Waals surface area contributed by atoms with Crippen LogP contribution in [0.2, 0.25) is 0 Å². The average molecular weight is 661 g/mol. The number of likely N-dealkylation sites (tertiary alicyclic amines) is 1. The summed E-state index contributed by atoms with van der Waals surface area (Å²) in [6, 6.07) is 11.1. The number of ether oxygens (including phenoxy) is 2. The minimum Gasteiger partial charge on any atom is -0.444 e. The second-order valence-electron chi connectivity index (χ2n) is 11.8. The molecule has 2 aromatic heterocycles. The minimum atomic E-state index is -4.63. The van der Waals surface area contributed by atoms with Crippen molar-refractivity contribution in [3.05, 3.63) is 53.7 Å². The number of nitrogens with zero attached hydrogens (tertiary/aromatic N) is 4. The minimum absolute atomic E-state index is 0.0651. The number of anilines is 2. The summed E-state index contributed by atoms with van der Waals surface area (Å²) >= 11 is 1.33. The van der Waals surface area contributed by atoms with Crippen molar-refractivity contribution < 1.29 is 36.6 Å². The van der Waals surface area contributed by atoms with Gasteiger partial charge in [0.2, 0.25) is 17.7 Å². The average Bonchev–Trinajstić information content (AvgIpc) is 3.32. The number of nitrogens with one attached hydrogen (secondary N) is 2. The van der Waals surface area contributed by atoms with E-state index in [1.54, 1.807) is 70.3 Å². The van der Waals surface area contributed by atoms with Crippen LogP contribution in [0.3, 0.4) is 0 Å². The normalized spacial score (nSPS) is 17.1. The lowest BCUT2D eigenvalue weighted by atomic mass is 10.0. The highest BCUT2D eigenvalue weighted by atomic mass is 32.1. The van der Waals surface area contributed by atoms with Crippen molar-refractivity contribution in [2.45, 2.75) is 64.5 Å². The molecule has 0 unspecified atom stereocenters. The number of hydrogen-bond donors (Lipinski definition) is 2. The quantitative estimate of drug-likeness (QED) is 0.196. The van der Waals surface area contributed by atoms with Gasteiger partial charge in [0, 0.05) is 41.7 Å². The summed E-state index contributed by atoms with van der Waals surface area (Å²) in [6.07, 6.45) is -6.40. The Hall–Kier alpha value is -4.53. The number of thiazole rings is 1. The zero-order valence-corrected chi connectivity index (χ0v) is 26.3. The molecule has 0 spiro atoms. The maximum atomic E-state index is 14.6. The highest BCUT2D eigenvalue weighted by molar-refractivity contribution is 7.15. The Morgan fingerprint density at radius 1 is 1.04 bits per heavy atom. The van der Waals surface area contributed by atoms with Crippen LogP contribution in [0, 0.1) is 6.92 Å². The molecule has 0 aliphatic carbocycles. The predicted octanol–water partition coefficient (Wildman–Crippen LogP) is 7.50. The largest absolute Gasteiger partial charge is 0.444 e. The predicted molar refractivity (Wildman–Crippen MR) is 166 cm³/mol. The van der Waals surface area contributed by atoms with Crippen molar-refractivity contribution in [2.75, 3.05) is 23.7 Å². The highest BCUT2D eigenvalue weighted by Gasteiger charge is 2.33. The van der Waals surface area contributed by atoms with Gasteiger partial charge in [-0.2, -0.15) is 13.2 Å². The fraction of sp³-hybridized carbons (Fsp3) is 0.387. The standard InChI is InChI=1S/C31H32F4N6O4S/c1-17-37-27(44-24-10-9-22(20-7-5-6-8-21(20)24)39-25(42)14-31(33,34)35)26(46-17)23-11-12-36-28(40-23)38-19-13-18(32)15-41(16-19)29(43)45-30(2,3)4/h5-12,18-19H,13-16H2,1-4H3,(H,39,42)(H,36,38,40)/t18-,19-/m0/s1. The first kappa shape index (κ1) is 32.9. The van der Waals surface area contributed by atoms with E-state index in [-0.39, 0.29) is 37.0 Å². The summed E-state index contributed by atoms with van der Waals surface area (Å²) in [5, 5.41) is 7.17. The number of alkyl halides is 4. The Morgan fingerprint density at radius 2 is 1.78 bits per heavy atom. The molecule has 0 saturated carbocycles. The molecule has 2 N–H and O–H groups in total. The zero-order chi connectivity index (χ0) is 33.2. The third kappa shape index (κ3) is 8.38. The van der Waals surface area contributed by atoms with Gasteiger partial charge in [-0.15, -0.1) is 11.3 Å². The summed E-state index contributed by atoms with van der Waals surface area (Å²) in [4.78, 5) is 39.9. The molecule has 244 valence electrons. The van der Waals surface area contributed by atoms with Crippen molar-refractivity contribution in [1.29, 1.82) is 0 Å². The summed E-state index contributed by atoms with van der Waals surface area (Å²) < 4.78 is 64.5. The molecule has 1 aliphatic heterocycles. The van der Waals surface area contributed by atoms with Gasteiger partial charge in [0.1, 0.15) is 28.8 Å². The van der Waals surface area contributed by atoms with Crippen LogP contribution in [-0.4, -0.2) is 68.9 Å². The van der Waals surface area contributed by atoms with Crippen molar-refractivity contribution in [3.63, 3.8) is 0 Å². The summed E-state index contributed by atoms with van der Waals surface area (Å²) in [6.45, 7) is 7.18. The number of hydrogen-bond acceptors (Lipinski definition) is 9. The number of benzene rings is 2. The molecule has 3 heterocycles. The monoisotopic (exact) mass is 660 g/mol. The molecule has 2 atom stereocenters. The second kappa shape index (κ2) is 13.1. The van der Waals surface area contributed by atoms with Gasteiger partial charge in [-0.1, -0.05) is 24.3 Å². The van der Waals surface area contributed by atoms with Crippen LogP contribution in [0.25, 0.3) is 21.3 Å². The smallest absolute Gasteiger partial charge is 0.410 e. The molecule has 46 heavy (non-hydrogen) atoms. The van der Waals surface area contributed by atoms with Crippen molar-refractivity contribution in [3.8, 4) is 22.2 Å². The number of rotatable bonds is 7. The van der Waals surface area contributed by atoms with Crippen LogP contribution in [0.4, 0.5) is 34.0 Å². The van der Waals surface area contributed by atoms with Gasteiger partial charge in [-0.25, -0.2) is 24.1 Å². The van der Waals surface area contributed by atoms with Gasteiger partial charge in [-0.3, -0.25) is 4.79 Å². The molecule has 2 amide bonds. The van der Waals surface area contributed by atoms with Gasteiger partial charge >= 0.3 is 12.3 Å². The molecule has 0 bridgehead atoms. The van der Waals surface area contributed by atoms with Crippen LogP contribution in [0.5, 0.6) is 11.6 Å². The first-order chi connectivity index (χ1) is 21.6. The summed E-state index contributed by atoms with van der Waals surface area (Å²) in [5.74, 6) is -0.350. The number of fused-ring (bicyclic) bond motifs is 1. The van der Waals surface area contributed by atoms with Crippen molar-refractivity contribution >= 4 is 45.7 Å². The first-order valence-electron chi connectivity index (χ1n) is 14.4. The number of aromatic nitrogens is 3. The Bertz CT molecular complexity index is 1740. The Morgan fingerprint density at radius 3 is 2.50 bits per heavy atom. The number of halogens is 4. The fourth-order valence-corrected chi connectivity index (χ4v) is 5.76. The van der Waals surface area contributed by atoms with E-state index in [2.05, 4.69) is 25.6 Å². The van der Waals surface area contributed by atoms with Gasteiger partial charge < -0.3 is 25.0 Å². The molecule has 10 nitrogen and oxygen atoms in total. The van der Waals surface area contributed by atoms with Crippen LogP contribution in [0.1, 0.15) is 38.6 Å². The molecular formula is C31H32F4N6O4S. The first-order valence-corrected chi connectivity index (χ1v) is 15.2. The van der Waals surface area contributed by atoms with E-state index in [1.807, 2.05) is 0 Å². The number of piperidine rings is 1. The molecule has 2 aromatic carbocycles. The number of carbonyl (C=O) groups excluding carboxylic acids is 2. The lowest BCUT2D eigenvalue weighted by molar-refractivity contribution is -0.150. The van der Waals surface area contributed by atoms with E-state index in [9.17, 15) is 27.2 Å². The van der Waals surface area contributed by atoms with E-state index in [1.165, 1.54) is 22.3 Å². The molecule has 5 rings (SSSR count). The lowest BCUT2D eigenvalue weighted by Crippen LogP contribution is -2.51. The SMILES string of the molecule is Cc1nc(Oc2ccc(NC(=O)CC(F)(F)F)c3ccccc23)c(-c2ccnc(N[C@H]3C[C@H](F)CN(C(=O)OC(C)(C)C)C3)n2)s1. The Balaban J connectivity index is 1.36. The number of carbonyl (C=O) groups is 2. The van der Waals surface area contributed by atoms with E-state index in [0.717, 1.165) is 0 Å². The molecule has 1 fully saturated rings.